The van der Waals surface area contributed by atoms with Crippen LogP contribution in [-0.4, -0.2) is 46.2 Å². The molecule has 5 nitrogen and oxygen atoms in total. The second-order valence-corrected chi connectivity index (χ2v) is 7.15. The fraction of sp³-hybridized carbons (Fsp3) is 0.857. The van der Waals surface area contributed by atoms with E-state index in [1.807, 2.05) is 11.8 Å². The van der Waals surface area contributed by atoms with Crippen LogP contribution in [0.15, 0.2) is 4.52 Å². The average molecular weight is 296 g/mol. The molecule has 0 aromatic carbocycles. The Labute approximate surface area is 124 Å². The Morgan fingerprint density at radius 1 is 1.30 bits per heavy atom. The maximum absolute atomic E-state index is 6.19. The smallest absolute Gasteiger partial charge is 0.226 e. The molecule has 0 bridgehead atoms. The Morgan fingerprint density at radius 2 is 2.05 bits per heavy atom. The van der Waals surface area contributed by atoms with Gasteiger partial charge in [0.1, 0.15) is 0 Å². The molecule has 0 saturated carbocycles. The monoisotopic (exact) mass is 296 g/mol. The van der Waals surface area contributed by atoms with Gasteiger partial charge in [0.25, 0.3) is 0 Å². The van der Waals surface area contributed by atoms with Gasteiger partial charge < -0.3 is 15.2 Å². The van der Waals surface area contributed by atoms with Crippen LogP contribution in [0.3, 0.4) is 0 Å². The Kier molecular flexibility index (Phi) is 4.96. The summed E-state index contributed by atoms with van der Waals surface area (Å²) in [7, 11) is 0. The third-order valence-corrected chi connectivity index (χ3v) is 5.32. The maximum Gasteiger partial charge on any atom is 0.226 e. The fourth-order valence-corrected chi connectivity index (χ4v) is 4.23. The molecule has 2 aliphatic rings. The molecule has 2 aliphatic heterocycles. The topological polar surface area (TPSA) is 68.2 Å². The van der Waals surface area contributed by atoms with Crippen LogP contribution in [0, 0.1) is 5.92 Å². The molecule has 0 radical (unpaired) electrons. The van der Waals surface area contributed by atoms with Gasteiger partial charge in [-0.2, -0.15) is 16.7 Å². The van der Waals surface area contributed by atoms with Crippen LogP contribution in [-0.2, 0) is 6.42 Å². The predicted octanol–water partition coefficient (Wildman–Crippen LogP) is 1.85. The van der Waals surface area contributed by atoms with Gasteiger partial charge in [-0.15, -0.1) is 0 Å². The first-order chi connectivity index (χ1) is 9.81. The lowest BCUT2D eigenvalue weighted by Gasteiger charge is -2.19. The van der Waals surface area contributed by atoms with Crippen molar-refractivity contribution < 1.29 is 4.52 Å². The van der Waals surface area contributed by atoms with E-state index < -0.39 is 0 Å². The zero-order chi connectivity index (χ0) is 13.8. The molecular weight excluding hydrogens is 272 g/mol. The molecule has 2 N–H and O–H groups in total. The molecule has 1 unspecified atom stereocenters. The van der Waals surface area contributed by atoms with Gasteiger partial charge in [0.2, 0.25) is 5.89 Å². The van der Waals surface area contributed by atoms with Crippen LogP contribution in [0.1, 0.15) is 43.4 Å². The second-order valence-electron chi connectivity index (χ2n) is 5.92. The lowest BCUT2D eigenvalue weighted by molar-refractivity contribution is 0.303. The first-order valence-corrected chi connectivity index (χ1v) is 8.85. The Hall–Kier alpha value is -0.590. The molecule has 1 aromatic heterocycles. The van der Waals surface area contributed by atoms with E-state index in [4.69, 9.17) is 10.3 Å². The summed E-state index contributed by atoms with van der Waals surface area (Å²) in [5, 5.41) is 4.08. The highest BCUT2D eigenvalue weighted by atomic mass is 32.2. The molecule has 3 heterocycles. The van der Waals surface area contributed by atoms with Gasteiger partial charge >= 0.3 is 0 Å². The third-order valence-electron chi connectivity index (χ3n) is 4.27. The molecular formula is C14H24N4OS. The maximum atomic E-state index is 6.19. The summed E-state index contributed by atoms with van der Waals surface area (Å²) in [5.74, 6) is 4.69. The molecule has 2 fully saturated rings. The van der Waals surface area contributed by atoms with E-state index in [1.165, 1.54) is 37.2 Å². The zero-order valence-electron chi connectivity index (χ0n) is 12.0. The normalized spacial score (nSPS) is 23.2. The molecule has 20 heavy (non-hydrogen) atoms. The zero-order valence-corrected chi connectivity index (χ0v) is 12.8. The summed E-state index contributed by atoms with van der Waals surface area (Å²) in [6, 6.07) is -0.118. The van der Waals surface area contributed by atoms with Crippen LogP contribution in [0.5, 0.6) is 0 Å². The van der Waals surface area contributed by atoms with Crippen molar-refractivity contribution >= 4 is 11.8 Å². The number of rotatable bonds is 5. The van der Waals surface area contributed by atoms with Crippen LogP contribution >= 0.6 is 11.8 Å². The van der Waals surface area contributed by atoms with Crippen LogP contribution in [0.25, 0.3) is 0 Å². The number of thioether (sulfide) groups is 1. The summed E-state index contributed by atoms with van der Waals surface area (Å²) >= 11 is 2.04. The van der Waals surface area contributed by atoms with Crippen LogP contribution in [0.2, 0.25) is 0 Å². The first-order valence-electron chi connectivity index (χ1n) is 7.69. The second kappa shape index (κ2) is 6.91. The summed E-state index contributed by atoms with van der Waals surface area (Å²) in [4.78, 5) is 6.90. The van der Waals surface area contributed by atoms with E-state index in [0.717, 1.165) is 31.9 Å². The van der Waals surface area contributed by atoms with E-state index in [-0.39, 0.29) is 6.04 Å². The number of hydrogen-bond acceptors (Lipinski definition) is 6. The fourth-order valence-electron chi connectivity index (χ4n) is 3.02. The van der Waals surface area contributed by atoms with E-state index in [9.17, 15) is 0 Å². The summed E-state index contributed by atoms with van der Waals surface area (Å²) in [6.07, 6.45) is 6.02. The first kappa shape index (κ1) is 14.4. The summed E-state index contributed by atoms with van der Waals surface area (Å²) in [5.41, 5.74) is 6.19. The lowest BCUT2D eigenvalue weighted by atomic mass is 9.99. The highest BCUT2D eigenvalue weighted by Gasteiger charge is 2.22. The van der Waals surface area contributed by atoms with Crippen molar-refractivity contribution in [2.75, 3.05) is 31.1 Å². The minimum Gasteiger partial charge on any atom is -0.339 e. The predicted molar refractivity (Wildman–Crippen MR) is 80.7 cm³/mol. The van der Waals surface area contributed by atoms with Crippen molar-refractivity contribution in [2.45, 2.75) is 38.1 Å². The number of aromatic nitrogens is 2. The van der Waals surface area contributed by atoms with Crippen molar-refractivity contribution in [3.63, 3.8) is 0 Å². The van der Waals surface area contributed by atoms with Crippen molar-refractivity contribution in [1.82, 2.24) is 15.0 Å². The molecule has 0 spiro atoms. The number of nitrogens with two attached hydrogens (primary N) is 1. The quantitative estimate of drug-likeness (QED) is 0.894. The van der Waals surface area contributed by atoms with E-state index >= 15 is 0 Å². The van der Waals surface area contributed by atoms with Crippen molar-refractivity contribution in [1.29, 1.82) is 0 Å². The standard InChI is InChI=1S/C14H24N4OS/c15-12(10-18-5-1-2-6-18)14-16-13(19-17-14)9-11-3-7-20-8-4-11/h11-12H,1-10,15H2. The molecule has 0 aliphatic carbocycles. The number of likely N-dealkylation sites (tertiary alicyclic amines) is 1. The SMILES string of the molecule is NC(CN1CCCC1)c1noc(CC2CCSCC2)n1. The van der Waals surface area contributed by atoms with Crippen molar-refractivity contribution in [3.8, 4) is 0 Å². The Balaban J connectivity index is 1.52. The van der Waals surface area contributed by atoms with Crippen molar-refractivity contribution in [2.24, 2.45) is 11.7 Å². The minimum atomic E-state index is -0.118. The highest BCUT2D eigenvalue weighted by molar-refractivity contribution is 7.99. The van der Waals surface area contributed by atoms with Crippen LogP contribution in [0.4, 0.5) is 0 Å². The largest absolute Gasteiger partial charge is 0.339 e. The molecule has 6 heteroatoms. The van der Waals surface area contributed by atoms with Crippen LogP contribution < -0.4 is 5.73 Å². The molecule has 112 valence electrons. The van der Waals surface area contributed by atoms with E-state index in [0.29, 0.717) is 11.7 Å². The third kappa shape index (κ3) is 3.74. The summed E-state index contributed by atoms with van der Waals surface area (Å²) < 4.78 is 5.39. The minimum absolute atomic E-state index is 0.118. The molecule has 2 saturated heterocycles. The van der Waals surface area contributed by atoms with Gasteiger partial charge in [-0.05, 0) is 56.2 Å². The molecule has 1 atom stereocenters. The lowest BCUT2D eigenvalue weighted by Crippen LogP contribution is -2.30. The van der Waals surface area contributed by atoms with Gasteiger partial charge in [0, 0.05) is 13.0 Å². The van der Waals surface area contributed by atoms with Gasteiger partial charge in [-0.1, -0.05) is 5.16 Å². The van der Waals surface area contributed by atoms with Gasteiger partial charge in [0.05, 0.1) is 6.04 Å². The molecule has 1 aromatic rings. The number of nitrogens with zero attached hydrogens (tertiary/aromatic N) is 3. The van der Waals surface area contributed by atoms with Gasteiger partial charge in [-0.25, -0.2) is 0 Å². The van der Waals surface area contributed by atoms with Gasteiger partial charge in [-0.3, -0.25) is 0 Å². The van der Waals surface area contributed by atoms with E-state index in [2.05, 4.69) is 15.0 Å². The Morgan fingerprint density at radius 3 is 2.80 bits per heavy atom. The molecule has 0 amide bonds. The average Bonchev–Trinajstić information content (AvgIpc) is 3.11. The van der Waals surface area contributed by atoms with Gasteiger partial charge in [0.15, 0.2) is 5.82 Å². The summed E-state index contributed by atoms with van der Waals surface area (Å²) in [6.45, 7) is 3.15. The van der Waals surface area contributed by atoms with E-state index in [1.54, 1.807) is 0 Å². The highest BCUT2D eigenvalue weighted by Crippen LogP contribution is 2.25. The number of hydrogen-bond donors (Lipinski definition) is 1. The molecule has 3 rings (SSSR count). The Bertz CT molecular complexity index is 413. The van der Waals surface area contributed by atoms with Crippen molar-refractivity contribution in [3.05, 3.63) is 11.7 Å².